The first kappa shape index (κ1) is 9.69. The van der Waals surface area contributed by atoms with Gasteiger partial charge >= 0.3 is 0 Å². The van der Waals surface area contributed by atoms with Gasteiger partial charge in [-0.1, -0.05) is 24.3 Å². The van der Waals surface area contributed by atoms with E-state index >= 15 is 0 Å². The third-order valence-electron chi connectivity index (χ3n) is 2.90. The first-order valence-corrected chi connectivity index (χ1v) is 5.09. The molecule has 1 aliphatic carbocycles. The van der Waals surface area contributed by atoms with E-state index in [-0.39, 0.29) is 6.10 Å². The Morgan fingerprint density at radius 2 is 2.07 bits per heavy atom. The lowest BCUT2D eigenvalue weighted by Gasteiger charge is -2.19. The number of hydrogen-bond acceptors (Lipinski definition) is 2. The zero-order valence-electron chi connectivity index (χ0n) is 8.77. The van der Waals surface area contributed by atoms with Crippen molar-refractivity contribution in [3.8, 4) is 0 Å². The minimum Gasteiger partial charge on any atom is -0.388 e. The summed E-state index contributed by atoms with van der Waals surface area (Å²) in [6.07, 6.45) is 0.740. The predicted molar refractivity (Wildman–Crippen MR) is 57.1 cm³/mol. The third kappa shape index (κ3) is 1.68. The Morgan fingerprint density at radius 3 is 2.71 bits per heavy atom. The highest BCUT2D eigenvalue weighted by Crippen LogP contribution is 2.35. The van der Waals surface area contributed by atoms with Gasteiger partial charge in [0.2, 0.25) is 0 Å². The molecule has 1 aromatic rings. The van der Waals surface area contributed by atoms with E-state index in [1.165, 1.54) is 5.56 Å². The molecule has 0 aliphatic heterocycles. The predicted octanol–water partition coefficient (Wildman–Crippen LogP) is 1.45. The van der Waals surface area contributed by atoms with E-state index in [1.54, 1.807) is 0 Å². The van der Waals surface area contributed by atoms with Crippen LogP contribution in [-0.4, -0.2) is 30.6 Å². The summed E-state index contributed by atoms with van der Waals surface area (Å²) in [4.78, 5) is 2.14. The van der Waals surface area contributed by atoms with Crippen molar-refractivity contribution in [3.05, 3.63) is 35.4 Å². The van der Waals surface area contributed by atoms with Gasteiger partial charge in [0.05, 0.1) is 6.10 Å². The fraction of sp³-hybridized carbons (Fsp3) is 0.500. The monoisotopic (exact) mass is 191 g/mol. The summed E-state index contributed by atoms with van der Waals surface area (Å²) < 4.78 is 0. The Bertz CT molecular complexity index is 322. The van der Waals surface area contributed by atoms with Gasteiger partial charge in [0.25, 0.3) is 0 Å². The van der Waals surface area contributed by atoms with Gasteiger partial charge in [-0.25, -0.2) is 0 Å². The fourth-order valence-corrected chi connectivity index (χ4v) is 2.29. The van der Waals surface area contributed by atoms with Crippen LogP contribution in [0.15, 0.2) is 24.3 Å². The van der Waals surface area contributed by atoms with Crippen molar-refractivity contribution in [3.63, 3.8) is 0 Å². The van der Waals surface area contributed by atoms with Crippen LogP contribution in [0.4, 0.5) is 0 Å². The summed E-state index contributed by atoms with van der Waals surface area (Å²) in [6.45, 7) is 0.954. The lowest BCUT2D eigenvalue weighted by Crippen LogP contribution is -2.24. The SMILES string of the molecule is CN(C)C[C@@H]1Cc2ccccc2[C@H]1O. The number of benzene rings is 1. The maximum atomic E-state index is 10.1. The summed E-state index contributed by atoms with van der Waals surface area (Å²) >= 11 is 0. The zero-order valence-corrected chi connectivity index (χ0v) is 8.77. The van der Waals surface area contributed by atoms with E-state index < -0.39 is 0 Å². The minimum atomic E-state index is -0.270. The van der Waals surface area contributed by atoms with Crippen molar-refractivity contribution in [2.45, 2.75) is 12.5 Å². The summed E-state index contributed by atoms with van der Waals surface area (Å²) in [5.74, 6) is 0.363. The van der Waals surface area contributed by atoms with Gasteiger partial charge in [-0.2, -0.15) is 0 Å². The first-order valence-electron chi connectivity index (χ1n) is 5.09. The van der Waals surface area contributed by atoms with Crippen LogP contribution >= 0.6 is 0 Å². The Labute approximate surface area is 85.2 Å². The first-order chi connectivity index (χ1) is 6.68. The van der Waals surface area contributed by atoms with Crippen LogP contribution < -0.4 is 0 Å². The molecule has 1 N–H and O–H groups in total. The van der Waals surface area contributed by atoms with E-state index in [0.29, 0.717) is 5.92 Å². The Hall–Kier alpha value is -0.860. The van der Waals surface area contributed by atoms with Gasteiger partial charge in [0, 0.05) is 12.5 Å². The topological polar surface area (TPSA) is 23.5 Å². The van der Waals surface area contributed by atoms with Gasteiger partial charge in [-0.3, -0.25) is 0 Å². The van der Waals surface area contributed by atoms with Gasteiger partial charge in [-0.05, 0) is 31.6 Å². The molecule has 2 rings (SSSR count). The second-order valence-corrected chi connectivity index (χ2v) is 4.37. The lowest BCUT2D eigenvalue weighted by atomic mass is 10.0. The quantitative estimate of drug-likeness (QED) is 0.765. The average Bonchev–Trinajstić information content (AvgIpc) is 2.44. The molecular formula is C12H17NO. The maximum absolute atomic E-state index is 10.1. The molecule has 2 nitrogen and oxygen atoms in total. The maximum Gasteiger partial charge on any atom is 0.0836 e. The molecule has 0 heterocycles. The van der Waals surface area contributed by atoms with Crippen molar-refractivity contribution in [1.82, 2.24) is 4.90 Å². The van der Waals surface area contributed by atoms with Gasteiger partial charge < -0.3 is 10.0 Å². The van der Waals surface area contributed by atoms with E-state index in [0.717, 1.165) is 18.5 Å². The molecule has 0 unspecified atom stereocenters. The van der Waals surface area contributed by atoms with Crippen LogP contribution in [0.25, 0.3) is 0 Å². The Kier molecular flexibility index (Phi) is 2.57. The number of nitrogens with zero attached hydrogens (tertiary/aromatic N) is 1. The number of aliphatic hydroxyl groups is 1. The second kappa shape index (κ2) is 3.71. The smallest absolute Gasteiger partial charge is 0.0836 e. The van der Waals surface area contributed by atoms with Crippen molar-refractivity contribution in [2.24, 2.45) is 5.92 Å². The molecule has 0 spiro atoms. The van der Waals surface area contributed by atoms with Gasteiger partial charge in [-0.15, -0.1) is 0 Å². The number of aliphatic hydroxyl groups excluding tert-OH is 1. The van der Waals surface area contributed by atoms with Crippen molar-refractivity contribution < 1.29 is 5.11 Å². The average molecular weight is 191 g/mol. The highest BCUT2D eigenvalue weighted by molar-refractivity contribution is 5.34. The van der Waals surface area contributed by atoms with Crippen LogP contribution in [0.1, 0.15) is 17.2 Å². The molecule has 0 amide bonds. The van der Waals surface area contributed by atoms with E-state index in [2.05, 4.69) is 25.1 Å². The van der Waals surface area contributed by atoms with Gasteiger partial charge in [0.1, 0.15) is 0 Å². The molecule has 0 radical (unpaired) electrons. The van der Waals surface area contributed by atoms with Crippen LogP contribution in [0.3, 0.4) is 0 Å². The van der Waals surface area contributed by atoms with Crippen molar-refractivity contribution in [2.75, 3.05) is 20.6 Å². The molecule has 0 saturated carbocycles. The van der Waals surface area contributed by atoms with E-state index in [4.69, 9.17) is 0 Å². The zero-order chi connectivity index (χ0) is 10.1. The molecule has 0 bridgehead atoms. The molecule has 0 fully saturated rings. The van der Waals surface area contributed by atoms with E-state index in [9.17, 15) is 5.11 Å². The van der Waals surface area contributed by atoms with Gasteiger partial charge in [0.15, 0.2) is 0 Å². The molecule has 14 heavy (non-hydrogen) atoms. The third-order valence-corrected chi connectivity index (χ3v) is 2.90. The highest BCUT2D eigenvalue weighted by Gasteiger charge is 2.30. The molecule has 76 valence electrons. The van der Waals surface area contributed by atoms with Crippen LogP contribution in [0.2, 0.25) is 0 Å². The Morgan fingerprint density at radius 1 is 1.36 bits per heavy atom. The molecule has 1 aromatic carbocycles. The molecule has 1 aliphatic rings. The van der Waals surface area contributed by atoms with Crippen LogP contribution in [0.5, 0.6) is 0 Å². The fourth-order valence-electron chi connectivity index (χ4n) is 2.29. The van der Waals surface area contributed by atoms with Crippen LogP contribution in [-0.2, 0) is 6.42 Å². The number of fused-ring (bicyclic) bond motifs is 1. The highest BCUT2D eigenvalue weighted by atomic mass is 16.3. The summed E-state index contributed by atoms with van der Waals surface area (Å²) in [7, 11) is 4.10. The van der Waals surface area contributed by atoms with E-state index in [1.807, 2.05) is 18.2 Å². The number of rotatable bonds is 2. The lowest BCUT2D eigenvalue weighted by molar-refractivity contribution is 0.105. The molecule has 2 atom stereocenters. The molecule has 0 saturated heterocycles. The molecule has 0 aromatic heterocycles. The second-order valence-electron chi connectivity index (χ2n) is 4.37. The molecular weight excluding hydrogens is 174 g/mol. The summed E-state index contributed by atoms with van der Waals surface area (Å²) in [6, 6.07) is 8.20. The Balaban J connectivity index is 2.17. The summed E-state index contributed by atoms with van der Waals surface area (Å²) in [5, 5.41) is 10.1. The number of hydrogen-bond donors (Lipinski definition) is 1. The van der Waals surface area contributed by atoms with Crippen LogP contribution in [0, 0.1) is 5.92 Å². The normalized spacial score (nSPS) is 25.4. The van der Waals surface area contributed by atoms with Crippen molar-refractivity contribution in [1.29, 1.82) is 0 Å². The summed E-state index contributed by atoms with van der Waals surface area (Å²) in [5.41, 5.74) is 2.44. The standard InChI is InChI=1S/C12H17NO/c1-13(2)8-10-7-9-5-3-4-6-11(9)12(10)14/h3-6,10,12,14H,7-8H2,1-2H3/t10-,12-/m0/s1. The van der Waals surface area contributed by atoms with Crippen molar-refractivity contribution >= 4 is 0 Å². The molecule has 2 heteroatoms. The minimum absolute atomic E-state index is 0.270. The largest absolute Gasteiger partial charge is 0.388 e.